The molecule has 0 spiro atoms. The molecule has 0 aliphatic rings. The number of rotatable bonds is 14. The second-order valence-corrected chi connectivity index (χ2v) is 6.75. The van der Waals surface area contributed by atoms with Crippen LogP contribution in [0, 0.1) is 0 Å². The molecule has 2 aromatic rings. The molecule has 7 heteroatoms. The standard InChI is InChI=1S/C23H30N2O5/c1-3-4-5-15-29-19-10-8-18(9-11-19)21(26)12-13-22(27)25-20-7-6-14-24-23(20)30-17-16-28-2/h6-11,14H,3-5,12-13,15-17H2,1-2H3,(H,25,27). The van der Waals surface area contributed by atoms with Crippen LogP contribution in [-0.2, 0) is 9.53 Å². The van der Waals surface area contributed by atoms with E-state index in [1.165, 1.54) is 0 Å². The largest absolute Gasteiger partial charge is 0.494 e. The first kappa shape index (κ1) is 23.3. The first-order chi connectivity index (χ1) is 14.6. The van der Waals surface area contributed by atoms with Crippen LogP contribution in [0.15, 0.2) is 42.6 Å². The van der Waals surface area contributed by atoms with Crippen molar-refractivity contribution in [1.29, 1.82) is 0 Å². The number of methoxy groups -OCH3 is 1. The molecule has 162 valence electrons. The number of anilines is 1. The van der Waals surface area contributed by atoms with Crippen LogP contribution < -0.4 is 14.8 Å². The number of amides is 1. The number of unbranched alkanes of at least 4 members (excludes halogenated alkanes) is 2. The Morgan fingerprint density at radius 1 is 0.967 bits per heavy atom. The van der Waals surface area contributed by atoms with E-state index in [1.54, 1.807) is 49.7 Å². The lowest BCUT2D eigenvalue weighted by molar-refractivity contribution is -0.116. The van der Waals surface area contributed by atoms with Crippen molar-refractivity contribution in [2.45, 2.75) is 39.0 Å². The second kappa shape index (κ2) is 13.3. The van der Waals surface area contributed by atoms with E-state index in [-0.39, 0.29) is 24.5 Å². The highest BCUT2D eigenvalue weighted by atomic mass is 16.5. The fourth-order valence-electron chi connectivity index (χ4n) is 2.69. The maximum atomic E-state index is 12.4. The lowest BCUT2D eigenvalue weighted by atomic mass is 10.1. The zero-order valence-corrected chi connectivity index (χ0v) is 17.7. The van der Waals surface area contributed by atoms with E-state index in [2.05, 4.69) is 17.2 Å². The smallest absolute Gasteiger partial charge is 0.237 e. The van der Waals surface area contributed by atoms with Crippen molar-refractivity contribution in [1.82, 2.24) is 4.98 Å². The van der Waals surface area contributed by atoms with Gasteiger partial charge in [-0.3, -0.25) is 9.59 Å². The van der Waals surface area contributed by atoms with Crippen molar-refractivity contribution in [3.8, 4) is 11.6 Å². The Morgan fingerprint density at radius 3 is 2.50 bits per heavy atom. The molecule has 0 saturated heterocycles. The average Bonchev–Trinajstić information content (AvgIpc) is 2.77. The summed E-state index contributed by atoms with van der Waals surface area (Å²) >= 11 is 0. The molecule has 30 heavy (non-hydrogen) atoms. The van der Waals surface area contributed by atoms with Crippen LogP contribution in [0.5, 0.6) is 11.6 Å². The van der Waals surface area contributed by atoms with E-state index in [0.717, 1.165) is 25.0 Å². The number of Topliss-reactive ketones (excluding diaryl/α,β-unsaturated/α-hetero) is 1. The van der Waals surface area contributed by atoms with Crippen LogP contribution in [0.4, 0.5) is 5.69 Å². The van der Waals surface area contributed by atoms with Gasteiger partial charge in [-0.2, -0.15) is 0 Å². The molecule has 0 atom stereocenters. The van der Waals surface area contributed by atoms with Gasteiger partial charge in [-0.25, -0.2) is 4.98 Å². The Kier molecular flexibility index (Phi) is 10.4. The van der Waals surface area contributed by atoms with E-state index < -0.39 is 0 Å². The summed E-state index contributed by atoms with van der Waals surface area (Å²) in [6, 6.07) is 10.5. The zero-order chi connectivity index (χ0) is 21.6. The third kappa shape index (κ3) is 8.21. The Labute approximate surface area is 177 Å². The van der Waals surface area contributed by atoms with Crippen molar-refractivity contribution < 1.29 is 23.8 Å². The van der Waals surface area contributed by atoms with Crippen LogP contribution in [0.2, 0.25) is 0 Å². The van der Waals surface area contributed by atoms with Gasteiger partial charge in [-0.1, -0.05) is 19.8 Å². The molecular weight excluding hydrogens is 384 g/mol. The minimum absolute atomic E-state index is 0.0699. The highest BCUT2D eigenvalue weighted by Crippen LogP contribution is 2.21. The zero-order valence-electron chi connectivity index (χ0n) is 17.7. The number of pyridine rings is 1. The van der Waals surface area contributed by atoms with Crippen molar-refractivity contribution in [3.63, 3.8) is 0 Å². The molecular formula is C23H30N2O5. The number of ketones is 1. The molecule has 0 aliphatic carbocycles. The van der Waals surface area contributed by atoms with Crippen LogP contribution in [0.25, 0.3) is 0 Å². The first-order valence-corrected chi connectivity index (χ1v) is 10.3. The summed E-state index contributed by atoms with van der Waals surface area (Å²) in [5.41, 5.74) is 1.03. The lowest BCUT2D eigenvalue weighted by Crippen LogP contribution is -2.15. The molecule has 7 nitrogen and oxygen atoms in total. The summed E-state index contributed by atoms with van der Waals surface area (Å²) in [6.07, 6.45) is 5.07. The third-order valence-corrected chi connectivity index (χ3v) is 4.34. The van der Waals surface area contributed by atoms with Crippen molar-refractivity contribution in [2.75, 3.05) is 32.2 Å². The van der Waals surface area contributed by atoms with Crippen LogP contribution >= 0.6 is 0 Å². The molecule has 0 fully saturated rings. The number of nitrogens with one attached hydrogen (secondary N) is 1. The minimum Gasteiger partial charge on any atom is -0.494 e. The van der Waals surface area contributed by atoms with Gasteiger partial charge in [0.05, 0.1) is 13.2 Å². The Bertz CT molecular complexity index is 792. The Morgan fingerprint density at radius 2 is 1.77 bits per heavy atom. The summed E-state index contributed by atoms with van der Waals surface area (Å²) in [5, 5.41) is 2.75. The number of hydrogen-bond acceptors (Lipinski definition) is 6. The topological polar surface area (TPSA) is 86.8 Å². The van der Waals surface area contributed by atoms with E-state index >= 15 is 0 Å². The van der Waals surface area contributed by atoms with Crippen molar-refractivity contribution in [3.05, 3.63) is 48.2 Å². The fraction of sp³-hybridized carbons (Fsp3) is 0.435. The average molecular weight is 415 g/mol. The van der Waals surface area contributed by atoms with Gasteiger partial charge in [0.2, 0.25) is 11.8 Å². The van der Waals surface area contributed by atoms with Gasteiger partial charge in [-0.15, -0.1) is 0 Å². The van der Waals surface area contributed by atoms with E-state index in [0.29, 0.717) is 37.0 Å². The number of hydrogen-bond donors (Lipinski definition) is 1. The van der Waals surface area contributed by atoms with Crippen molar-refractivity contribution in [2.24, 2.45) is 0 Å². The fourth-order valence-corrected chi connectivity index (χ4v) is 2.69. The van der Waals surface area contributed by atoms with Gasteiger partial charge in [-0.05, 0) is 42.8 Å². The Hall–Kier alpha value is -2.93. The summed E-state index contributed by atoms with van der Waals surface area (Å²) in [4.78, 5) is 28.8. The minimum atomic E-state index is -0.274. The number of ether oxygens (including phenoxy) is 3. The Balaban J connectivity index is 1.80. The van der Waals surface area contributed by atoms with Gasteiger partial charge in [0.1, 0.15) is 18.0 Å². The van der Waals surface area contributed by atoms with Gasteiger partial charge in [0, 0.05) is 31.7 Å². The first-order valence-electron chi connectivity index (χ1n) is 10.3. The van der Waals surface area contributed by atoms with Crippen LogP contribution in [-0.4, -0.2) is 43.6 Å². The number of nitrogens with zero attached hydrogens (tertiary/aromatic N) is 1. The predicted octanol–water partition coefficient (Wildman–Crippen LogP) is 4.28. The molecule has 0 radical (unpaired) electrons. The third-order valence-electron chi connectivity index (χ3n) is 4.34. The highest BCUT2D eigenvalue weighted by molar-refractivity contribution is 6.00. The summed E-state index contributed by atoms with van der Waals surface area (Å²) in [6.45, 7) is 3.56. The van der Waals surface area contributed by atoms with E-state index in [1.807, 2.05) is 0 Å². The van der Waals surface area contributed by atoms with E-state index in [9.17, 15) is 9.59 Å². The maximum Gasteiger partial charge on any atom is 0.237 e. The molecule has 1 aromatic heterocycles. The normalized spacial score (nSPS) is 10.5. The molecule has 1 N–H and O–H groups in total. The molecule has 1 amide bonds. The SMILES string of the molecule is CCCCCOc1ccc(C(=O)CCC(=O)Nc2cccnc2OCCOC)cc1. The number of carbonyl (C=O) groups excluding carboxylic acids is 2. The monoisotopic (exact) mass is 414 g/mol. The summed E-state index contributed by atoms with van der Waals surface area (Å²) in [7, 11) is 1.58. The van der Waals surface area contributed by atoms with Crippen LogP contribution in [0.3, 0.4) is 0 Å². The van der Waals surface area contributed by atoms with Crippen LogP contribution in [0.1, 0.15) is 49.4 Å². The lowest BCUT2D eigenvalue weighted by Gasteiger charge is -2.11. The second-order valence-electron chi connectivity index (χ2n) is 6.75. The molecule has 1 aromatic carbocycles. The van der Waals surface area contributed by atoms with Gasteiger partial charge >= 0.3 is 0 Å². The van der Waals surface area contributed by atoms with Gasteiger partial charge in [0.15, 0.2) is 5.78 Å². The summed E-state index contributed by atoms with van der Waals surface area (Å²) in [5.74, 6) is 0.705. The molecule has 0 saturated carbocycles. The molecule has 1 heterocycles. The molecule has 0 aliphatic heterocycles. The van der Waals surface area contributed by atoms with Gasteiger partial charge in [0.25, 0.3) is 0 Å². The molecule has 2 rings (SSSR count). The predicted molar refractivity (Wildman–Crippen MR) is 115 cm³/mol. The number of benzene rings is 1. The molecule has 0 bridgehead atoms. The maximum absolute atomic E-state index is 12.4. The molecule has 0 unspecified atom stereocenters. The summed E-state index contributed by atoms with van der Waals surface area (Å²) < 4.78 is 16.1. The highest BCUT2D eigenvalue weighted by Gasteiger charge is 2.12. The van der Waals surface area contributed by atoms with E-state index in [4.69, 9.17) is 14.2 Å². The number of aromatic nitrogens is 1. The van der Waals surface area contributed by atoms with Crippen molar-refractivity contribution >= 4 is 17.4 Å². The number of carbonyl (C=O) groups is 2. The quantitative estimate of drug-likeness (QED) is 0.367. The van der Waals surface area contributed by atoms with Gasteiger partial charge < -0.3 is 19.5 Å².